The highest BCUT2D eigenvalue weighted by Gasteiger charge is 1.99. The number of hydrogen-bond donors (Lipinski definition) is 2. The summed E-state index contributed by atoms with van der Waals surface area (Å²) in [4.78, 5) is 0. The Balaban J connectivity index is 2.35. The summed E-state index contributed by atoms with van der Waals surface area (Å²) >= 11 is 0. The summed E-state index contributed by atoms with van der Waals surface area (Å²) in [6.07, 6.45) is 1.08. The van der Waals surface area contributed by atoms with Crippen molar-refractivity contribution in [1.82, 2.24) is 5.32 Å². The third-order valence-electron chi connectivity index (χ3n) is 2.50. The smallest absolute Gasteiger partial charge is 0.0162 e. The molecule has 0 heterocycles. The number of hydrogen-bond acceptors (Lipinski definition) is 2. The van der Waals surface area contributed by atoms with Crippen LogP contribution in [-0.2, 0) is 6.42 Å². The number of rotatable bonds is 5. The van der Waals surface area contributed by atoms with Gasteiger partial charge in [0, 0.05) is 12.6 Å². The van der Waals surface area contributed by atoms with Gasteiger partial charge in [0.15, 0.2) is 0 Å². The number of benzene rings is 1. The van der Waals surface area contributed by atoms with E-state index in [1.54, 1.807) is 0 Å². The van der Waals surface area contributed by atoms with Crippen molar-refractivity contribution in [2.75, 3.05) is 13.1 Å². The van der Waals surface area contributed by atoms with E-state index in [-0.39, 0.29) is 0 Å². The quantitative estimate of drug-likeness (QED) is 0.741. The van der Waals surface area contributed by atoms with Crippen molar-refractivity contribution in [2.45, 2.75) is 26.3 Å². The standard InChI is InChI=1S/C12H20N2/c1-10-5-3-4-6-12(10)7-8-14-11(2)9-13/h3-6,11,14H,7-9,13H2,1-2H3/t11-/m1/s1. The van der Waals surface area contributed by atoms with Crippen LogP contribution in [0.5, 0.6) is 0 Å². The monoisotopic (exact) mass is 192 g/mol. The molecule has 14 heavy (non-hydrogen) atoms. The van der Waals surface area contributed by atoms with Crippen LogP contribution in [0.2, 0.25) is 0 Å². The molecule has 0 unspecified atom stereocenters. The third-order valence-corrected chi connectivity index (χ3v) is 2.50. The molecule has 3 N–H and O–H groups in total. The molecule has 0 saturated carbocycles. The SMILES string of the molecule is Cc1ccccc1CCN[C@H](C)CN. The van der Waals surface area contributed by atoms with Crippen LogP contribution >= 0.6 is 0 Å². The molecule has 0 amide bonds. The van der Waals surface area contributed by atoms with Gasteiger partial charge in [-0.25, -0.2) is 0 Å². The molecule has 0 aliphatic heterocycles. The maximum absolute atomic E-state index is 5.52. The second-order valence-corrected chi connectivity index (χ2v) is 3.77. The van der Waals surface area contributed by atoms with Gasteiger partial charge < -0.3 is 11.1 Å². The molecule has 0 aromatic heterocycles. The first kappa shape index (κ1) is 11.2. The molecule has 1 atom stereocenters. The Morgan fingerprint density at radius 2 is 2.07 bits per heavy atom. The van der Waals surface area contributed by atoms with E-state index < -0.39 is 0 Å². The summed E-state index contributed by atoms with van der Waals surface area (Å²) in [5.41, 5.74) is 8.31. The van der Waals surface area contributed by atoms with E-state index in [0.717, 1.165) is 13.0 Å². The Morgan fingerprint density at radius 1 is 1.36 bits per heavy atom. The molecule has 0 aliphatic rings. The fourth-order valence-electron chi connectivity index (χ4n) is 1.43. The normalized spacial score (nSPS) is 12.8. The minimum atomic E-state index is 0.416. The van der Waals surface area contributed by atoms with Crippen LogP contribution in [0.3, 0.4) is 0 Å². The Morgan fingerprint density at radius 3 is 2.71 bits per heavy atom. The van der Waals surface area contributed by atoms with Crippen LogP contribution in [0.4, 0.5) is 0 Å². The van der Waals surface area contributed by atoms with Crippen LogP contribution in [0.25, 0.3) is 0 Å². The van der Waals surface area contributed by atoms with Gasteiger partial charge in [0.2, 0.25) is 0 Å². The van der Waals surface area contributed by atoms with Crippen molar-refractivity contribution in [3.05, 3.63) is 35.4 Å². The van der Waals surface area contributed by atoms with Crippen molar-refractivity contribution >= 4 is 0 Å². The lowest BCUT2D eigenvalue weighted by molar-refractivity contribution is 0.558. The molecular formula is C12H20N2. The lowest BCUT2D eigenvalue weighted by atomic mass is 10.1. The maximum Gasteiger partial charge on any atom is 0.0162 e. The van der Waals surface area contributed by atoms with Crippen LogP contribution < -0.4 is 11.1 Å². The summed E-state index contributed by atoms with van der Waals surface area (Å²) in [5, 5.41) is 3.38. The molecule has 0 radical (unpaired) electrons. The van der Waals surface area contributed by atoms with Gasteiger partial charge >= 0.3 is 0 Å². The predicted octanol–water partition coefficient (Wildman–Crippen LogP) is 1.47. The molecule has 0 fully saturated rings. The average Bonchev–Trinajstić information content (AvgIpc) is 2.20. The topological polar surface area (TPSA) is 38.0 Å². The van der Waals surface area contributed by atoms with Gasteiger partial charge in [-0.1, -0.05) is 24.3 Å². The summed E-state index contributed by atoms with van der Waals surface area (Å²) in [6, 6.07) is 8.92. The maximum atomic E-state index is 5.52. The van der Waals surface area contributed by atoms with Crippen molar-refractivity contribution in [2.24, 2.45) is 5.73 Å². The molecule has 0 saturated heterocycles. The summed E-state index contributed by atoms with van der Waals surface area (Å²) in [5.74, 6) is 0. The highest BCUT2D eigenvalue weighted by atomic mass is 14.9. The molecule has 78 valence electrons. The summed E-state index contributed by atoms with van der Waals surface area (Å²) in [7, 11) is 0. The van der Waals surface area contributed by atoms with Crippen LogP contribution in [0.1, 0.15) is 18.1 Å². The highest BCUT2D eigenvalue weighted by molar-refractivity contribution is 5.25. The van der Waals surface area contributed by atoms with Crippen LogP contribution in [0, 0.1) is 6.92 Å². The Bertz CT molecular complexity index is 271. The van der Waals surface area contributed by atoms with E-state index >= 15 is 0 Å². The van der Waals surface area contributed by atoms with E-state index in [4.69, 9.17) is 5.73 Å². The fourth-order valence-corrected chi connectivity index (χ4v) is 1.43. The van der Waals surface area contributed by atoms with Gasteiger partial charge in [0.1, 0.15) is 0 Å². The fraction of sp³-hybridized carbons (Fsp3) is 0.500. The zero-order chi connectivity index (χ0) is 10.4. The average molecular weight is 192 g/mol. The lowest BCUT2D eigenvalue weighted by Crippen LogP contribution is -2.34. The Labute approximate surface area is 86.5 Å². The molecule has 0 aliphatic carbocycles. The van der Waals surface area contributed by atoms with Crippen LogP contribution in [0.15, 0.2) is 24.3 Å². The van der Waals surface area contributed by atoms with Crippen molar-refractivity contribution in [3.63, 3.8) is 0 Å². The van der Waals surface area contributed by atoms with Gasteiger partial charge in [-0.15, -0.1) is 0 Å². The minimum absolute atomic E-state index is 0.416. The second kappa shape index (κ2) is 5.78. The van der Waals surface area contributed by atoms with Crippen LogP contribution in [-0.4, -0.2) is 19.1 Å². The van der Waals surface area contributed by atoms with E-state index in [0.29, 0.717) is 12.6 Å². The lowest BCUT2D eigenvalue weighted by Gasteiger charge is -2.11. The van der Waals surface area contributed by atoms with Crippen molar-refractivity contribution in [3.8, 4) is 0 Å². The number of nitrogens with one attached hydrogen (secondary N) is 1. The van der Waals surface area contributed by atoms with Gasteiger partial charge in [-0.2, -0.15) is 0 Å². The van der Waals surface area contributed by atoms with E-state index in [9.17, 15) is 0 Å². The zero-order valence-corrected chi connectivity index (χ0v) is 9.09. The minimum Gasteiger partial charge on any atom is -0.329 e. The molecule has 2 nitrogen and oxygen atoms in total. The van der Waals surface area contributed by atoms with Crippen molar-refractivity contribution in [1.29, 1.82) is 0 Å². The molecule has 0 bridgehead atoms. The van der Waals surface area contributed by atoms with Crippen molar-refractivity contribution < 1.29 is 0 Å². The molecular weight excluding hydrogens is 172 g/mol. The van der Waals surface area contributed by atoms with E-state index in [1.165, 1.54) is 11.1 Å². The Kier molecular flexibility index (Phi) is 4.63. The molecule has 0 spiro atoms. The summed E-state index contributed by atoms with van der Waals surface area (Å²) in [6.45, 7) is 5.97. The largest absolute Gasteiger partial charge is 0.329 e. The highest BCUT2D eigenvalue weighted by Crippen LogP contribution is 2.06. The van der Waals surface area contributed by atoms with Gasteiger partial charge in [0.05, 0.1) is 0 Å². The predicted molar refractivity (Wildman–Crippen MR) is 61.4 cm³/mol. The zero-order valence-electron chi connectivity index (χ0n) is 9.09. The Hall–Kier alpha value is -0.860. The first-order chi connectivity index (χ1) is 6.74. The van der Waals surface area contributed by atoms with E-state index in [2.05, 4.69) is 43.4 Å². The summed E-state index contributed by atoms with van der Waals surface area (Å²) < 4.78 is 0. The first-order valence-corrected chi connectivity index (χ1v) is 5.22. The molecule has 2 heteroatoms. The molecule has 1 aromatic rings. The number of aryl methyl sites for hydroxylation is 1. The molecule has 1 aromatic carbocycles. The molecule has 1 rings (SSSR count). The van der Waals surface area contributed by atoms with Gasteiger partial charge in [0.25, 0.3) is 0 Å². The first-order valence-electron chi connectivity index (χ1n) is 5.22. The second-order valence-electron chi connectivity index (χ2n) is 3.77. The third kappa shape index (κ3) is 3.48. The number of nitrogens with two attached hydrogens (primary N) is 1. The van der Waals surface area contributed by atoms with Gasteiger partial charge in [-0.05, 0) is 37.9 Å². The van der Waals surface area contributed by atoms with E-state index in [1.807, 2.05) is 0 Å². The van der Waals surface area contributed by atoms with Gasteiger partial charge in [-0.3, -0.25) is 0 Å².